The van der Waals surface area contributed by atoms with Gasteiger partial charge in [0.25, 0.3) is 0 Å². The first-order chi connectivity index (χ1) is 6.24. The summed E-state index contributed by atoms with van der Waals surface area (Å²) in [6.45, 7) is 4.04. The molecule has 0 spiro atoms. The van der Waals surface area contributed by atoms with E-state index in [-0.39, 0.29) is 5.91 Å². The van der Waals surface area contributed by atoms with E-state index in [9.17, 15) is 4.79 Å². The second kappa shape index (κ2) is 4.91. The molecule has 1 atom stereocenters. The molecule has 1 unspecified atom stereocenters. The Labute approximate surface area is 80.3 Å². The van der Waals surface area contributed by atoms with Gasteiger partial charge < -0.3 is 4.90 Å². The van der Waals surface area contributed by atoms with E-state index in [1.54, 1.807) is 0 Å². The van der Waals surface area contributed by atoms with Crippen molar-refractivity contribution in [1.29, 1.82) is 0 Å². The lowest BCUT2D eigenvalue weighted by atomic mass is 10.00. The van der Waals surface area contributed by atoms with E-state index in [4.69, 9.17) is 6.42 Å². The van der Waals surface area contributed by atoms with Gasteiger partial charge in [-0.3, -0.25) is 4.79 Å². The number of carbonyl (C=O) groups is 1. The summed E-state index contributed by atoms with van der Waals surface area (Å²) in [5.74, 6) is 3.38. The zero-order valence-electron chi connectivity index (χ0n) is 8.25. The summed E-state index contributed by atoms with van der Waals surface area (Å²) in [6.07, 6.45) is 8.59. The highest BCUT2D eigenvalue weighted by molar-refractivity contribution is 5.76. The predicted molar refractivity (Wildman–Crippen MR) is 53.0 cm³/mol. The van der Waals surface area contributed by atoms with Crippen molar-refractivity contribution in [2.75, 3.05) is 13.1 Å². The lowest BCUT2D eigenvalue weighted by Crippen LogP contribution is -2.38. The number of terminal acetylenes is 1. The smallest absolute Gasteiger partial charge is 0.223 e. The maximum atomic E-state index is 11.5. The fourth-order valence-corrected chi connectivity index (χ4v) is 1.75. The van der Waals surface area contributed by atoms with Gasteiger partial charge in [-0.25, -0.2) is 0 Å². The molecule has 0 N–H and O–H groups in total. The van der Waals surface area contributed by atoms with Gasteiger partial charge in [-0.15, -0.1) is 12.3 Å². The first-order valence-corrected chi connectivity index (χ1v) is 4.95. The topological polar surface area (TPSA) is 20.3 Å². The summed E-state index contributed by atoms with van der Waals surface area (Å²) < 4.78 is 0. The third-order valence-corrected chi connectivity index (χ3v) is 2.49. The van der Waals surface area contributed by atoms with Gasteiger partial charge in [-0.1, -0.05) is 6.92 Å². The van der Waals surface area contributed by atoms with Crippen LogP contribution in [0.4, 0.5) is 0 Å². The monoisotopic (exact) mass is 179 g/mol. The quantitative estimate of drug-likeness (QED) is 0.590. The molecule has 72 valence electrons. The Balaban J connectivity index is 2.33. The van der Waals surface area contributed by atoms with Crippen molar-refractivity contribution >= 4 is 5.91 Å². The number of nitrogens with zero attached hydrogens (tertiary/aromatic N) is 1. The molecule has 2 heteroatoms. The lowest BCUT2D eigenvalue weighted by molar-refractivity contribution is -0.132. The summed E-state index contributed by atoms with van der Waals surface area (Å²) in [6, 6.07) is 0. The number of amides is 1. The molecule has 1 saturated heterocycles. The normalized spacial score (nSPS) is 22.5. The van der Waals surface area contributed by atoms with Gasteiger partial charge in [0.15, 0.2) is 0 Å². The standard InChI is InChI=1S/C11H17NO/c1-3-4-7-11(13)12-8-5-6-10(2)9-12/h1,10H,4-9H2,2H3. The molecule has 1 aliphatic heterocycles. The Morgan fingerprint density at radius 3 is 3.08 bits per heavy atom. The predicted octanol–water partition coefficient (Wildman–Crippen LogP) is 1.66. The lowest BCUT2D eigenvalue weighted by Gasteiger charge is -2.30. The summed E-state index contributed by atoms with van der Waals surface area (Å²) in [5.41, 5.74) is 0. The van der Waals surface area contributed by atoms with Crippen LogP contribution in [-0.4, -0.2) is 23.9 Å². The van der Waals surface area contributed by atoms with Crippen LogP contribution in [0.1, 0.15) is 32.6 Å². The van der Waals surface area contributed by atoms with Gasteiger partial charge in [0, 0.05) is 25.9 Å². The van der Waals surface area contributed by atoms with Crippen LogP contribution >= 0.6 is 0 Å². The number of piperidine rings is 1. The minimum Gasteiger partial charge on any atom is -0.342 e. The van der Waals surface area contributed by atoms with Crippen molar-refractivity contribution in [2.45, 2.75) is 32.6 Å². The highest BCUT2D eigenvalue weighted by Gasteiger charge is 2.19. The number of carbonyl (C=O) groups excluding carboxylic acids is 1. The molecule has 0 aliphatic carbocycles. The molecular formula is C11H17NO. The number of hydrogen-bond acceptors (Lipinski definition) is 1. The second-order valence-corrected chi connectivity index (χ2v) is 3.79. The first kappa shape index (κ1) is 10.1. The minimum absolute atomic E-state index is 0.226. The molecule has 1 rings (SSSR count). The van der Waals surface area contributed by atoms with E-state index in [2.05, 4.69) is 12.8 Å². The molecule has 13 heavy (non-hydrogen) atoms. The van der Waals surface area contributed by atoms with Crippen LogP contribution in [-0.2, 0) is 4.79 Å². The van der Waals surface area contributed by atoms with E-state index < -0.39 is 0 Å². The maximum Gasteiger partial charge on any atom is 0.223 e. The van der Waals surface area contributed by atoms with Gasteiger partial charge in [0.2, 0.25) is 5.91 Å². The number of hydrogen-bond donors (Lipinski definition) is 0. The van der Waals surface area contributed by atoms with Crippen molar-refractivity contribution in [3.8, 4) is 12.3 Å². The fourth-order valence-electron chi connectivity index (χ4n) is 1.75. The molecule has 0 bridgehead atoms. The van der Waals surface area contributed by atoms with Gasteiger partial charge >= 0.3 is 0 Å². The van der Waals surface area contributed by atoms with E-state index in [0.717, 1.165) is 19.5 Å². The van der Waals surface area contributed by atoms with E-state index in [0.29, 0.717) is 18.8 Å². The van der Waals surface area contributed by atoms with Crippen molar-refractivity contribution in [1.82, 2.24) is 4.90 Å². The van der Waals surface area contributed by atoms with Crippen molar-refractivity contribution in [3.05, 3.63) is 0 Å². The summed E-state index contributed by atoms with van der Waals surface area (Å²) in [5, 5.41) is 0. The largest absolute Gasteiger partial charge is 0.342 e. The summed E-state index contributed by atoms with van der Waals surface area (Å²) in [4.78, 5) is 13.5. The van der Waals surface area contributed by atoms with Crippen LogP contribution in [0, 0.1) is 18.3 Å². The molecule has 1 aliphatic rings. The summed E-state index contributed by atoms with van der Waals surface area (Å²) >= 11 is 0. The van der Waals surface area contributed by atoms with E-state index in [1.807, 2.05) is 4.90 Å². The molecule has 1 heterocycles. The van der Waals surface area contributed by atoms with Crippen LogP contribution in [0.15, 0.2) is 0 Å². The average Bonchev–Trinajstić information content (AvgIpc) is 2.14. The van der Waals surface area contributed by atoms with Gasteiger partial charge in [0.05, 0.1) is 0 Å². The zero-order chi connectivity index (χ0) is 9.68. The van der Waals surface area contributed by atoms with E-state index in [1.165, 1.54) is 6.42 Å². The van der Waals surface area contributed by atoms with Crippen LogP contribution in [0.25, 0.3) is 0 Å². The van der Waals surface area contributed by atoms with E-state index >= 15 is 0 Å². The van der Waals surface area contributed by atoms with Crippen molar-refractivity contribution in [3.63, 3.8) is 0 Å². The van der Waals surface area contributed by atoms with Crippen LogP contribution in [0.5, 0.6) is 0 Å². The maximum absolute atomic E-state index is 11.5. The van der Waals surface area contributed by atoms with Crippen LogP contribution < -0.4 is 0 Å². The molecular weight excluding hydrogens is 162 g/mol. The van der Waals surface area contributed by atoms with Gasteiger partial charge in [-0.2, -0.15) is 0 Å². The minimum atomic E-state index is 0.226. The molecule has 0 aromatic rings. The highest BCUT2D eigenvalue weighted by Crippen LogP contribution is 2.16. The SMILES string of the molecule is C#CCCC(=O)N1CCCC(C)C1. The molecule has 2 nitrogen and oxygen atoms in total. The van der Waals surface area contributed by atoms with Gasteiger partial charge in [0.1, 0.15) is 0 Å². The van der Waals surface area contributed by atoms with Crippen molar-refractivity contribution in [2.24, 2.45) is 5.92 Å². The number of rotatable bonds is 2. The Morgan fingerprint density at radius 2 is 2.46 bits per heavy atom. The molecule has 0 aromatic heterocycles. The second-order valence-electron chi connectivity index (χ2n) is 3.79. The highest BCUT2D eigenvalue weighted by atomic mass is 16.2. The third kappa shape index (κ3) is 3.10. The molecule has 0 aromatic carbocycles. The third-order valence-electron chi connectivity index (χ3n) is 2.49. The summed E-state index contributed by atoms with van der Waals surface area (Å²) in [7, 11) is 0. The van der Waals surface area contributed by atoms with Gasteiger partial charge in [-0.05, 0) is 18.8 Å². The van der Waals surface area contributed by atoms with Crippen LogP contribution in [0.2, 0.25) is 0 Å². The van der Waals surface area contributed by atoms with Crippen LogP contribution in [0.3, 0.4) is 0 Å². The average molecular weight is 179 g/mol. The fraction of sp³-hybridized carbons (Fsp3) is 0.727. The first-order valence-electron chi connectivity index (χ1n) is 4.95. The zero-order valence-corrected chi connectivity index (χ0v) is 8.25. The molecule has 1 fully saturated rings. The Kier molecular flexibility index (Phi) is 3.82. The Hall–Kier alpha value is -0.970. The Morgan fingerprint density at radius 1 is 1.69 bits per heavy atom. The molecule has 1 amide bonds. The molecule has 0 radical (unpaired) electrons. The molecule has 0 saturated carbocycles. The van der Waals surface area contributed by atoms with Crippen molar-refractivity contribution < 1.29 is 4.79 Å². The number of likely N-dealkylation sites (tertiary alicyclic amines) is 1. The Bertz CT molecular complexity index is 217.